The molecule has 0 atom stereocenters. The van der Waals surface area contributed by atoms with Gasteiger partial charge in [-0.1, -0.05) is 12.1 Å². The van der Waals surface area contributed by atoms with Crippen LogP contribution in [0.4, 0.5) is 15.8 Å². The fraction of sp³-hybridized carbons (Fsp3) is 0.235. The van der Waals surface area contributed by atoms with Crippen molar-refractivity contribution in [3.63, 3.8) is 0 Å². The van der Waals surface area contributed by atoms with Gasteiger partial charge in [-0.05, 0) is 65.7 Å². The molecule has 0 saturated heterocycles. The highest BCUT2D eigenvalue weighted by Gasteiger charge is 2.12. The molecule has 3 nitrogen and oxygen atoms in total. The normalized spacial score (nSPS) is 10.4. The Hall–Kier alpha value is -1.88. The van der Waals surface area contributed by atoms with Crippen molar-refractivity contribution in [1.29, 1.82) is 0 Å². The largest absolute Gasteiger partial charge is 0.362 e. The second-order valence-electron chi connectivity index (χ2n) is 5.03. The molecule has 0 aliphatic carbocycles. The summed E-state index contributed by atoms with van der Waals surface area (Å²) in [6, 6.07) is 12.0. The first kappa shape index (κ1) is 16.5. The van der Waals surface area contributed by atoms with E-state index in [0.29, 0.717) is 12.2 Å². The fourth-order valence-corrected chi connectivity index (χ4v) is 2.74. The summed E-state index contributed by atoms with van der Waals surface area (Å²) in [6.45, 7) is 4.70. The minimum absolute atomic E-state index is 0.143. The van der Waals surface area contributed by atoms with E-state index in [4.69, 9.17) is 0 Å². The zero-order valence-corrected chi connectivity index (χ0v) is 14.2. The quantitative estimate of drug-likeness (QED) is 0.854. The monoisotopic (exact) mass is 364 g/mol. The number of halogens is 2. The summed E-state index contributed by atoms with van der Waals surface area (Å²) >= 11 is 3.44. The van der Waals surface area contributed by atoms with E-state index < -0.39 is 0 Å². The van der Waals surface area contributed by atoms with Gasteiger partial charge in [-0.2, -0.15) is 0 Å². The van der Waals surface area contributed by atoms with E-state index in [1.54, 1.807) is 12.1 Å². The van der Waals surface area contributed by atoms with Crippen LogP contribution in [-0.2, 0) is 4.79 Å². The number of hydrogen-bond donors (Lipinski definition) is 1. The Balaban J connectivity index is 2.06. The second kappa shape index (κ2) is 7.40. The van der Waals surface area contributed by atoms with Crippen LogP contribution in [0.25, 0.3) is 0 Å². The van der Waals surface area contributed by atoms with Gasteiger partial charge in [0.2, 0.25) is 5.91 Å². The van der Waals surface area contributed by atoms with Crippen molar-refractivity contribution >= 4 is 33.2 Å². The van der Waals surface area contributed by atoms with Crippen molar-refractivity contribution in [3.05, 3.63) is 58.3 Å². The van der Waals surface area contributed by atoms with Crippen LogP contribution in [0, 0.1) is 12.7 Å². The molecule has 0 unspecified atom stereocenters. The Kier molecular flexibility index (Phi) is 5.55. The number of benzene rings is 2. The summed E-state index contributed by atoms with van der Waals surface area (Å²) in [6.07, 6.45) is 0. The van der Waals surface area contributed by atoms with Gasteiger partial charge in [0.05, 0.1) is 12.2 Å². The Labute approximate surface area is 138 Å². The lowest BCUT2D eigenvalue weighted by Crippen LogP contribution is -2.33. The SMILES string of the molecule is CCN(CC(=O)Nc1ccc(C)cc1Br)c1cccc(F)c1. The lowest BCUT2D eigenvalue weighted by molar-refractivity contribution is -0.115. The Morgan fingerprint density at radius 3 is 2.68 bits per heavy atom. The van der Waals surface area contributed by atoms with Crippen molar-refractivity contribution in [2.45, 2.75) is 13.8 Å². The van der Waals surface area contributed by atoms with Gasteiger partial charge < -0.3 is 10.2 Å². The van der Waals surface area contributed by atoms with E-state index in [1.165, 1.54) is 12.1 Å². The number of anilines is 2. The number of carbonyl (C=O) groups excluding carboxylic acids is 1. The van der Waals surface area contributed by atoms with Gasteiger partial charge in [-0.25, -0.2) is 4.39 Å². The molecule has 0 saturated carbocycles. The first-order valence-corrected chi connectivity index (χ1v) is 7.85. The van der Waals surface area contributed by atoms with Crippen LogP contribution in [0.2, 0.25) is 0 Å². The van der Waals surface area contributed by atoms with Crippen molar-refractivity contribution in [2.24, 2.45) is 0 Å². The molecule has 0 radical (unpaired) electrons. The maximum absolute atomic E-state index is 13.3. The fourth-order valence-electron chi connectivity index (χ4n) is 2.14. The number of likely N-dealkylation sites (N-methyl/N-ethyl adjacent to an activating group) is 1. The molecule has 0 spiro atoms. The molecule has 2 aromatic rings. The van der Waals surface area contributed by atoms with Crippen LogP contribution in [-0.4, -0.2) is 19.0 Å². The molecule has 0 heterocycles. The third kappa shape index (κ3) is 4.31. The predicted molar refractivity (Wildman–Crippen MR) is 91.8 cm³/mol. The number of aryl methyl sites for hydroxylation is 1. The lowest BCUT2D eigenvalue weighted by Gasteiger charge is -2.22. The van der Waals surface area contributed by atoms with E-state index in [9.17, 15) is 9.18 Å². The molecule has 5 heteroatoms. The molecule has 0 aliphatic rings. The molecule has 2 aromatic carbocycles. The maximum atomic E-state index is 13.3. The van der Waals surface area contributed by atoms with Crippen molar-refractivity contribution in [3.8, 4) is 0 Å². The average Bonchev–Trinajstić information content (AvgIpc) is 2.47. The number of carbonyl (C=O) groups is 1. The highest BCUT2D eigenvalue weighted by atomic mass is 79.9. The Morgan fingerprint density at radius 2 is 2.05 bits per heavy atom. The van der Waals surface area contributed by atoms with E-state index in [2.05, 4.69) is 21.2 Å². The zero-order valence-electron chi connectivity index (χ0n) is 12.6. The maximum Gasteiger partial charge on any atom is 0.243 e. The van der Waals surface area contributed by atoms with Crippen LogP contribution in [0.5, 0.6) is 0 Å². The summed E-state index contributed by atoms with van der Waals surface area (Å²) in [5.41, 5.74) is 2.53. The van der Waals surface area contributed by atoms with Crippen molar-refractivity contribution < 1.29 is 9.18 Å². The van der Waals surface area contributed by atoms with Crippen LogP contribution < -0.4 is 10.2 Å². The average molecular weight is 365 g/mol. The third-order valence-corrected chi connectivity index (χ3v) is 3.94. The van der Waals surface area contributed by atoms with Gasteiger partial charge in [-0.3, -0.25) is 4.79 Å². The molecule has 22 heavy (non-hydrogen) atoms. The highest BCUT2D eigenvalue weighted by Crippen LogP contribution is 2.23. The van der Waals surface area contributed by atoms with Gasteiger partial charge in [-0.15, -0.1) is 0 Å². The molecule has 2 rings (SSSR count). The first-order valence-electron chi connectivity index (χ1n) is 7.06. The summed E-state index contributed by atoms with van der Waals surface area (Å²) in [7, 11) is 0. The molecule has 1 N–H and O–H groups in total. The standard InChI is InChI=1S/C17H18BrFN2O/c1-3-21(14-6-4-5-13(19)10-14)11-17(22)20-16-8-7-12(2)9-15(16)18/h4-10H,3,11H2,1-2H3,(H,20,22). The smallest absolute Gasteiger partial charge is 0.243 e. The second-order valence-corrected chi connectivity index (χ2v) is 5.88. The van der Waals surface area contributed by atoms with Gasteiger partial charge in [0, 0.05) is 16.7 Å². The van der Waals surface area contributed by atoms with Gasteiger partial charge in [0.25, 0.3) is 0 Å². The number of rotatable bonds is 5. The number of nitrogens with zero attached hydrogens (tertiary/aromatic N) is 1. The van der Waals surface area contributed by atoms with Crippen molar-refractivity contribution in [1.82, 2.24) is 0 Å². The van der Waals surface area contributed by atoms with Gasteiger partial charge in [0.15, 0.2) is 0 Å². The summed E-state index contributed by atoms with van der Waals surface area (Å²) in [5, 5.41) is 2.87. The highest BCUT2D eigenvalue weighted by molar-refractivity contribution is 9.10. The summed E-state index contributed by atoms with van der Waals surface area (Å²) < 4.78 is 14.1. The van der Waals surface area contributed by atoms with E-state index in [1.807, 2.05) is 36.9 Å². The topological polar surface area (TPSA) is 32.3 Å². The molecule has 116 valence electrons. The molecule has 0 aliphatic heterocycles. The van der Waals surface area contributed by atoms with E-state index in [0.717, 1.165) is 15.7 Å². The van der Waals surface area contributed by atoms with Gasteiger partial charge >= 0.3 is 0 Å². The molecule has 0 bridgehead atoms. The zero-order chi connectivity index (χ0) is 16.1. The van der Waals surface area contributed by atoms with Crippen LogP contribution in [0.1, 0.15) is 12.5 Å². The molecular weight excluding hydrogens is 347 g/mol. The molecule has 0 fully saturated rings. The number of hydrogen-bond acceptors (Lipinski definition) is 2. The van der Waals surface area contributed by atoms with E-state index in [-0.39, 0.29) is 18.3 Å². The van der Waals surface area contributed by atoms with E-state index >= 15 is 0 Å². The van der Waals surface area contributed by atoms with Crippen LogP contribution in [0.15, 0.2) is 46.9 Å². The third-order valence-electron chi connectivity index (χ3n) is 3.29. The predicted octanol–water partition coefficient (Wildman–Crippen LogP) is 4.36. The van der Waals surface area contributed by atoms with Crippen molar-refractivity contribution in [2.75, 3.05) is 23.3 Å². The summed E-state index contributed by atoms with van der Waals surface area (Å²) in [4.78, 5) is 14.0. The summed E-state index contributed by atoms with van der Waals surface area (Å²) in [5.74, 6) is -0.451. The molecule has 0 aromatic heterocycles. The lowest BCUT2D eigenvalue weighted by atomic mass is 10.2. The number of amides is 1. The minimum atomic E-state index is -0.308. The minimum Gasteiger partial charge on any atom is -0.362 e. The van der Waals surface area contributed by atoms with Gasteiger partial charge in [0.1, 0.15) is 5.82 Å². The Bertz CT molecular complexity index is 675. The van der Waals surface area contributed by atoms with Crippen LogP contribution in [0.3, 0.4) is 0 Å². The first-order chi connectivity index (χ1) is 10.5. The number of nitrogens with one attached hydrogen (secondary N) is 1. The Morgan fingerprint density at radius 1 is 1.27 bits per heavy atom. The molecule has 1 amide bonds. The molecular formula is C17H18BrFN2O. The van der Waals surface area contributed by atoms with Crippen LogP contribution >= 0.6 is 15.9 Å².